The van der Waals surface area contributed by atoms with Crippen LogP contribution in [0.1, 0.15) is 38.3 Å². The molecule has 0 spiro atoms. The Balaban J connectivity index is 2.56. The summed E-state index contributed by atoms with van der Waals surface area (Å²) in [5, 5.41) is 9.28. The van der Waals surface area contributed by atoms with Crippen molar-refractivity contribution in [1.82, 2.24) is 0 Å². The van der Waals surface area contributed by atoms with Crippen molar-refractivity contribution in [2.75, 3.05) is 6.61 Å². The Labute approximate surface area is 115 Å². The molecule has 0 aromatic heterocycles. The zero-order valence-electron chi connectivity index (χ0n) is 12.3. The molecular formula is C16H24O3. The van der Waals surface area contributed by atoms with E-state index in [1.165, 1.54) is 0 Å². The molecule has 0 heterocycles. The summed E-state index contributed by atoms with van der Waals surface area (Å²) in [5.41, 5.74) is 2.02. The predicted molar refractivity (Wildman–Crippen MR) is 76.3 cm³/mol. The third kappa shape index (κ3) is 6.39. The van der Waals surface area contributed by atoms with Crippen LogP contribution in [0.3, 0.4) is 0 Å². The first-order valence-corrected chi connectivity index (χ1v) is 6.70. The first kappa shape index (κ1) is 15.7. The van der Waals surface area contributed by atoms with Crippen LogP contribution in [-0.4, -0.2) is 23.3 Å². The van der Waals surface area contributed by atoms with Crippen molar-refractivity contribution < 1.29 is 14.6 Å². The topological polar surface area (TPSA) is 46.5 Å². The number of carbonyl (C=O) groups is 1. The van der Waals surface area contributed by atoms with Gasteiger partial charge >= 0.3 is 5.97 Å². The maximum atomic E-state index is 11.3. The van der Waals surface area contributed by atoms with Gasteiger partial charge in [-0.05, 0) is 46.1 Å². The first-order valence-electron chi connectivity index (χ1n) is 6.70. The molecule has 106 valence electrons. The Bertz CT molecular complexity index is 418. The van der Waals surface area contributed by atoms with Crippen LogP contribution in [0.5, 0.6) is 0 Å². The number of carboxylic acid groups (broad SMARTS) is 1. The third-order valence-electron chi connectivity index (χ3n) is 2.92. The van der Waals surface area contributed by atoms with E-state index in [1.54, 1.807) is 0 Å². The minimum absolute atomic E-state index is 0.216. The summed E-state index contributed by atoms with van der Waals surface area (Å²) < 4.78 is 5.61. The Hall–Kier alpha value is -1.35. The number of hydrogen-bond acceptors (Lipinski definition) is 2. The summed E-state index contributed by atoms with van der Waals surface area (Å²) in [6.45, 7) is 8.42. The van der Waals surface area contributed by atoms with Crippen molar-refractivity contribution in [2.24, 2.45) is 5.92 Å². The monoisotopic (exact) mass is 264 g/mol. The lowest BCUT2D eigenvalue weighted by atomic mass is 9.95. The van der Waals surface area contributed by atoms with Crippen LogP contribution in [0.4, 0.5) is 0 Å². The van der Waals surface area contributed by atoms with Gasteiger partial charge in [-0.15, -0.1) is 0 Å². The molecule has 19 heavy (non-hydrogen) atoms. The quantitative estimate of drug-likeness (QED) is 0.856. The maximum Gasteiger partial charge on any atom is 0.306 e. The number of ether oxygens (including phenoxy) is 1. The zero-order chi connectivity index (χ0) is 14.5. The molecule has 1 aromatic rings. The molecule has 0 saturated heterocycles. The molecule has 1 unspecified atom stereocenters. The van der Waals surface area contributed by atoms with E-state index < -0.39 is 5.97 Å². The largest absolute Gasteiger partial charge is 0.481 e. The van der Waals surface area contributed by atoms with Gasteiger partial charge in [0, 0.05) is 6.61 Å². The van der Waals surface area contributed by atoms with Crippen LogP contribution in [0.15, 0.2) is 24.3 Å². The summed E-state index contributed by atoms with van der Waals surface area (Å²) in [6, 6.07) is 8.01. The molecule has 1 atom stereocenters. The van der Waals surface area contributed by atoms with Gasteiger partial charge < -0.3 is 9.84 Å². The highest BCUT2D eigenvalue weighted by atomic mass is 16.5. The average Bonchev–Trinajstić information content (AvgIpc) is 2.26. The van der Waals surface area contributed by atoms with E-state index in [1.807, 2.05) is 52.0 Å². The Morgan fingerprint density at radius 3 is 2.58 bits per heavy atom. The number of aliphatic carboxylic acids is 1. The Morgan fingerprint density at radius 1 is 1.37 bits per heavy atom. The molecule has 0 bridgehead atoms. The van der Waals surface area contributed by atoms with E-state index in [2.05, 4.69) is 0 Å². The van der Waals surface area contributed by atoms with E-state index in [-0.39, 0.29) is 11.5 Å². The lowest BCUT2D eigenvalue weighted by molar-refractivity contribution is -0.142. The molecule has 1 rings (SSSR count). The lowest BCUT2D eigenvalue weighted by Crippen LogP contribution is -2.24. The molecule has 0 radical (unpaired) electrons. The number of aryl methyl sites for hydroxylation is 1. The van der Waals surface area contributed by atoms with Crippen LogP contribution < -0.4 is 0 Å². The molecule has 0 amide bonds. The minimum atomic E-state index is -0.751. The van der Waals surface area contributed by atoms with Gasteiger partial charge in [-0.1, -0.05) is 29.8 Å². The first-order chi connectivity index (χ1) is 8.78. The average molecular weight is 264 g/mol. The van der Waals surface area contributed by atoms with Gasteiger partial charge in [-0.2, -0.15) is 0 Å². The SMILES string of the molecule is Cc1cccc(CC(CCOC(C)(C)C)C(=O)O)c1. The van der Waals surface area contributed by atoms with Crippen molar-refractivity contribution in [3.05, 3.63) is 35.4 Å². The van der Waals surface area contributed by atoms with E-state index in [0.717, 1.165) is 11.1 Å². The highest BCUT2D eigenvalue weighted by Crippen LogP contribution is 2.16. The van der Waals surface area contributed by atoms with Crippen LogP contribution in [0.2, 0.25) is 0 Å². The zero-order valence-corrected chi connectivity index (χ0v) is 12.3. The van der Waals surface area contributed by atoms with E-state index in [4.69, 9.17) is 4.74 Å². The number of rotatable bonds is 6. The van der Waals surface area contributed by atoms with Gasteiger partial charge in [0.05, 0.1) is 11.5 Å². The van der Waals surface area contributed by atoms with Gasteiger partial charge in [0.2, 0.25) is 0 Å². The number of hydrogen-bond donors (Lipinski definition) is 1. The number of benzene rings is 1. The summed E-state index contributed by atoms with van der Waals surface area (Å²) in [5.74, 6) is -1.14. The maximum absolute atomic E-state index is 11.3. The molecular weight excluding hydrogens is 240 g/mol. The fraction of sp³-hybridized carbons (Fsp3) is 0.562. The summed E-state index contributed by atoms with van der Waals surface area (Å²) in [6.07, 6.45) is 1.10. The van der Waals surface area contributed by atoms with Crippen molar-refractivity contribution in [3.63, 3.8) is 0 Å². The second-order valence-corrected chi connectivity index (χ2v) is 5.98. The summed E-state index contributed by atoms with van der Waals surface area (Å²) in [7, 11) is 0. The van der Waals surface area contributed by atoms with E-state index in [0.29, 0.717) is 19.4 Å². The van der Waals surface area contributed by atoms with Crippen molar-refractivity contribution in [1.29, 1.82) is 0 Å². The molecule has 0 fully saturated rings. The van der Waals surface area contributed by atoms with Crippen LogP contribution in [0, 0.1) is 12.8 Å². The standard InChI is InChI=1S/C16H24O3/c1-12-6-5-7-13(10-12)11-14(15(17)18)8-9-19-16(2,3)4/h5-7,10,14H,8-9,11H2,1-4H3,(H,17,18). The minimum Gasteiger partial charge on any atom is -0.481 e. The highest BCUT2D eigenvalue weighted by Gasteiger charge is 2.19. The molecule has 1 aromatic carbocycles. The lowest BCUT2D eigenvalue weighted by Gasteiger charge is -2.21. The third-order valence-corrected chi connectivity index (χ3v) is 2.92. The van der Waals surface area contributed by atoms with Crippen LogP contribution >= 0.6 is 0 Å². The second-order valence-electron chi connectivity index (χ2n) is 5.98. The predicted octanol–water partition coefficient (Wildman–Crippen LogP) is 3.44. The van der Waals surface area contributed by atoms with Gasteiger partial charge in [-0.25, -0.2) is 0 Å². The smallest absolute Gasteiger partial charge is 0.306 e. The molecule has 1 N–H and O–H groups in total. The van der Waals surface area contributed by atoms with Crippen molar-refractivity contribution in [2.45, 2.75) is 46.1 Å². The Kier molecular flexibility index (Phi) is 5.55. The molecule has 0 aliphatic heterocycles. The van der Waals surface area contributed by atoms with Gasteiger partial charge in [0.1, 0.15) is 0 Å². The van der Waals surface area contributed by atoms with Crippen LogP contribution in [-0.2, 0) is 16.0 Å². The number of carboxylic acids is 1. The summed E-state index contributed by atoms with van der Waals surface area (Å²) >= 11 is 0. The molecule has 3 heteroatoms. The fourth-order valence-corrected chi connectivity index (χ4v) is 1.94. The summed E-state index contributed by atoms with van der Waals surface area (Å²) in [4.78, 5) is 11.3. The molecule has 0 aliphatic rings. The van der Waals surface area contributed by atoms with E-state index >= 15 is 0 Å². The normalized spacial score (nSPS) is 13.3. The van der Waals surface area contributed by atoms with Crippen LogP contribution in [0.25, 0.3) is 0 Å². The fourth-order valence-electron chi connectivity index (χ4n) is 1.94. The van der Waals surface area contributed by atoms with Gasteiger partial charge in [0.15, 0.2) is 0 Å². The molecule has 0 aliphatic carbocycles. The Morgan fingerprint density at radius 2 is 2.05 bits per heavy atom. The van der Waals surface area contributed by atoms with E-state index in [9.17, 15) is 9.90 Å². The van der Waals surface area contributed by atoms with Gasteiger partial charge in [0.25, 0.3) is 0 Å². The van der Waals surface area contributed by atoms with Gasteiger partial charge in [-0.3, -0.25) is 4.79 Å². The molecule has 0 saturated carbocycles. The molecule has 3 nitrogen and oxygen atoms in total. The van der Waals surface area contributed by atoms with Crippen molar-refractivity contribution >= 4 is 5.97 Å². The second kappa shape index (κ2) is 6.71. The van der Waals surface area contributed by atoms with Crippen molar-refractivity contribution in [3.8, 4) is 0 Å². The highest BCUT2D eigenvalue weighted by molar-refractivity contribution is 5.70.